The number of carbonyl (C=O) groups is 3. The van der Waals surface area contributed by atoms with Crippen LogP contribution < -0.4 is 10.2 Å². The van der Waals surface area contributed by atoms with Crippen molar-refractivity contribution in [3.63, 3.8) is 0 Å². The third-order valence-corrected chi connectivity index (χ3v) is 5.76. The molecule has 0 aliphatic carbocycles. The molecule has 0 spiro atoms. The van der Waals surface area contributed by atoms with Crippen molar-refractivity contribution >= 4 is 24.0 Å². The number of allylic oxidation sites excluding steroid dienone is 1. The number of para-hydroxylation sites is 1. The number of anilines is 1. The minimum absolute atomic E-state index is 0.00535. The van der Waals surface area contributed by atoms with Crippen molar-refractivity contribution < 1.29 is 24.2 Å². The van der Waals surface area contributed by atoms with Crippen molar-refractivity contribution in [2.24, 2.45) is 5.92 Å². The number of hydrogen-bond acceptors (Lipinski definition) is 5. The smallest absolute Gasteiger partial charge is 0.407 e. The molecule has 3 rings (SSSR count). The fraction of sp³-hybridized carbons (Fsp3) is 0.522. The van der Waals surface area contributed by atoms with Gasteiger partial charge in [-0.05, 0) is 42.9 Å². The molecular weight excluding hydrogens is 398 g/mol. The Hall–Kier alpha value is -2.87. The van der Waals surface area contributed by atoms with Crippen molar-refractivity contribution in [2.45, 2.75) is 38.3 Å². The van der Waals surface area contributed by atoms with Crippen LogP contribution in [0.25, 0.3) is 0 Å². The first-order valence-electron chi connectivity index (χ1n) is 10.8. The van der Waals surface area contributed by atoms with Crippen LogP contribution in [0.3, 0.4) is 0 Å². The van der Waals surface area contributed by atoms with Gasteiger partial charge in [-0.15, -0.1) is 0 Å². The minimum Gasteiger partial charge on any atom is -0.465 e. The Kier molecular flexibility index (Phi) is 8.06. The van der Waals surface area contributed by atoms with Crippen molar-refractivity contribution in [3.8, 4) is 0 Å². The number of nitrogens with one attached hydrogen (secondary N) is 1. The monoisotopic (exact) mass is 429 g/mol. The summed E-state index contributed by atoms with van der Waals surface area (Å²) in [5, 5.41) is 12.2. The van der Waals surface area contributed by atoms with E-state index in [1.165, 1.54) is 22.2 Å². The second-order valence-electron chi connectivity index (χ2n) is 8.24. The molecule has 2 N–H and O–H groups in total. The molecule has 0 saturated carbocycles. The summed E-state index contributed by atoms with van der Waals surface area (Å²) in [6.45, 7) is 4.65. The first-order chi connectivity index (χ1) is 15.0. The van der Waals surface area contributed by atoms with E-state index < -0.39 is 12.2 Å². The highest BCUT2D eigenvalue weighted by Gasteiger charge is 2.29. The van der Waals surface area contributed by atoms with E-state index in [9.17, 15) is 19.5 Å². The molecule has 1 saturated heterocycles. The molecule has 0 radical (unpaired) electrons. The first-order valence-corrected chi connectivity index (χ1v) is 10.8. The molecule has 2 aliphatic heterocycles. The molecular formula is C23H31N3O5. The second kappa shape index (κ2) is 10.9. The lowest BCUT2D eigenvalue weighted by molar-refractivity contribution is -0.133. The lowest BCUT2D eigenvalue weighted by Crippen LogP contribution is -2.47. The molecule has 0 bridgehead atoms. The molecule has 1 aromatic carbocycles. The lowest BCUT2D eigenvalue weighted by Gasteiger charge is -2.27. The van der Waals surface area contributed by atoms with Crippen molar-refractivity contribution in [1.29, 1.82) is 0 Å². The van der Waals surface area contributed by atoms with Crippen LogP contribution in [0, 0.1) is 5.92 Å². The summed E-state index contributed by atoms with van der Waals surface area (Å²) in [7, 11) is 0. The van der Waals surface area contributed by atoms with Gasteiger partial charge in [-0.25, -0.2) is 4.79 Å². The lowest BCUT2D eigenvalue weighted by atomic mass is 10.00. The summed E-state index contributed by atoms with van der Waals surface area (Å²) < 4.78 is 5.58. The molecule has 31 heavy (non-hydrogen) atoms. The maximum Gasteiger partial charge on any atom is 0.407 e. The number of hydrogen-bond donors (Lipinski definition) is 2. The maximum atomic E-state index is 12.8. The Morgan fingerprint density at radius 3 is 2.90 bits per heavy atom. The van der Waals surface area contributed by atoms with Crippen LogP contribution >= 0.6 is 0 Å². The van der Waals surface area contributed by atoms with Gasteiger partial charge in [0.25, 0.3) is 5.91 Å². The van der Waals surface area contributed by atoms with Crippen molar-refractivity contribution in [3.05, 3.63) is 42.0 Å². The number of rotatable bonds is 8. The highest BCUT2D eigenvalue weighted by molar-refractivity contribution is 5.82. The maximum absolute atomic E-state index is 12.8. The standard InChI is InChI=1S/C23H31N3O5/c1-17(15-25-11-9-18-6-2-3-8-20(18)25)14-19(7-4-12-27)24-22(28)21-16-26(23(29)30)10-5-13-31-21/h2-4,6-8,12,17,19,21H,5,9-11,13-16H2,1H3,(H,24,28)(H,29,30)/b7-4+/t17?,19?,21-/m0/s1. The summed E-state index contributed by atoms with van der Waals surface area (Å²) in [6, 6.07) is 8.06. The third-order valence-electron chi connectivity index (χ3n) is 5.76. The molecule has 8 heteroatoms. The van der Waals surface area contributed by atoms with Crippen LogP contribution in [0.5, 0.6) is 0 Å². The summed E-state index contributed by atoms with van der Waals surface area (Å²) >= 11 is 0. The van der Waals surface area contributed by atoms with Gasteiger partial charge in [-0.3, -0.25) is 9.59 Å². The number of carbonyl (C=O) groups excluding carboxylic acids is 2. The fourth-order valence-corrected chi connectivity index (χ4v) is 4.28. The number of nitrogens with zero attached hydrogens (tertiary/aromatic N) is 2. The Morgan fingerprint density at radius 1 is 1.32 bits per heavy atom. The zero-order valence-electron chi connectivity index (χ0n) is 17.9. The average molecular weight is 430 g/mol. The number of aldehydes is 1. The van der Waals surface area contributed by atoms with Gasteiger partial charge in [-0.2, -0.15) is 0 Å². The normalized spacial score (nSPS) is 20.7. The Bertz CT molecular complexity index is 812. The van der Waals surface area contributed by atoms with Gasteiger partial charge in [0.05, 0.1) is 6.54 Å². The molecule has 2 amide bonds. The SMILES string of the molecule is CC(CC(/C=C/C=O)NC(=O)[C@@H]1CN(C(=O)O)CCCO1)CN1CCc2ccccc21. The van der Waals surface area contributed by atoms with E-state index in [2.05, 4.69) is 35.3 Å². The van der Waals surface area contributed by atoms with Gasteiger partial charge >= 0.3 is 6.09 Å². The van der Waals surface area contributed by atoms with Gasteiger partial charge in [0.15, 0.2) is 6.10 Å². The van der Waals surface area contributed by atoms with Crippen LogP contribution in [-0.2, 0) is 20.7 Å². The highest BCUT2D eigenvalue weighted by Crippen LogP contribution is 2.28. The molecule has 2 unspecified atom stereocenters. The van der Waals surface area contributed by atoms with E-state index in [1.807, 2.05) is 6.07 Å². The van der Waals surface area contributed by atoms with Gasteiger partial charge in [0.1, 0.15) is 6.29 Å². The van der Waals surface area contributed by atoms with Crippen molar-refractivity contribution in [1.82, 2.24) is 10.2 Å². The van der Waals surface area contributed by atoms with Gasteiger partial charge in [-0.1, -0.05) is 31.2 Å². The molecule has 0 aromatic heterocycles. The predicted octanol–water partition coefficient (Wildman–Crippen LogP) is 2.08. The van der Waals surface area contributed by atoms with E-state index in [0.717, 1.165) is 19.5 Å². The predicted molar refractivity (Wildman–Crippen MR) is 117 cm³/mol. The quantitative estimate of drug-likeness (QED) is 0.485. The van der Waals surface area contributed by atoms with Crippen LogP contribution in [0.2, 0.25) is 0 Å². The Morgan fingerprint density at radius 2 is 2.13 bits per heavy atom. The van der Waals surface area contributed by atoms with Crippen LogP contribution in [0.1, 0.15) is 25.3 Å². The van der Waals surface area contributed by atoms with Gasteiger partial charge in [0.2, 0.25) is 0 Å². The average Bonchev–Trinajstić information content (AvgIpc) is 2.98. The highest BCUT2D eigenvalue weighted by atomic mass is 16.5. The summed E-state index contributed by atoms with van der Waals surface area (Å²) in [4.78, 5) is 38.5. The van der Waals surface area contributed by atoms with E-state index in [0.29, 0.717) is 32.3 Å². The number of benzene rings is 1. The molecule has 3 atom stereocenters. The molecule has 2 heterocycles. The van der Waals surface area contributed by atoms with E-state index in [4.69, 9.17) is 4.74 Å². The molecule has 8 nitrogen and oxygen atoms in total. The Balaban J connectivity index is 1.59. The molecule has 168 valence electrons. The number of amides is 2. The molecule has 2 aliphatic rings. The van der Waals surface area contributed by atoms with Crippen LogP contribution in [0.4, 0.5) is 10.5 Å². The summed E-state index contributed by atoms with van der Waals surface area (Å²) in [6.07, 6.45) is 4.10. The van der Waals surface area contributed by atoms with Crippen LogP contribution in [-0.4, -0.2) is 73.2 Å². The zero-order chi connectivity index (χ0) is 22.2. The molecule has 1 aromatic rings. The Labute approximate surface area is 182 Å². The fourth-order valence-electron chi connectivity index (χ4n) is 4.28. The largest absolute Gasteiger partial charge is 0.465 e. The first kappa shape index (κ1) is 22.8. The minimum atomic E-state index is -1.06. The topological polar surface area (TPSA) is 99.2 Å². The summed E-state index contributed by atoms with van der Waals surface area (Å²) in [5.41, 5.74) is 2.62. The van der Waals surface area contributed by atoms with Crippen molar-refractivity contribution in [2.75, 3.05) is 37.7 Å². The second-order valence-corrected chi connectivity index (χ2v) is 8.24. The number of ether oxygens (including phenoxy) is 1. The molecule has 1 fully saturated rings. The zero-order valence-corrected chi connectivity index (χ0v) is 17.9. The van der Waals surface area contributed by atoms with Crippen LogP contribution in [0.15, 0.2) is 36.4 Å². The third kappa shape index (κ3) is 6.30. The van der Waals surface area contributed by atoms with E-state index >= 15 is 0 Å². The van der Waals surface area contributed by atoms with E-state index in [-0.39, 0.29) is 24.4 Å². The van der Waals surface area contributed by atoms with E-state index in [1.54, 1.807) is 6.08 Å². The summed E-state index contributed by atoms with van der Waals surface area (Å²) in [5.74, 6) is -0.0919. The van der Waals surface area contributed by atoms with Gasteiger partial charge < -0.3 is 25.0 Å². The van der Waals surface area contributed by atoms with Gasteiger partial charge in [0, 0.05) is 38.0 Å². The number of fused-ring (bicyclic) bond motifs is 1. The number of carboxylic acid groups (broad SMARTS) is 1.